The lowest BCUT2D eigenvalue weighted by Crippen LogP contribution is -2.45. The third-order valence-corrected chi connectivity index (χ3v) is 6.92. The second-order valence-corrected chi connectivity index (χ2v) is 9.34. The van der Waals surface area contributed by atoms with E-state index in [-0.39, 0.29) is 23.0 Å². The summed E-state index contributed by atoms with van der Waals surface area (Å²) in [5, 5.41) is 2.68. The van der Waals surface area contributed by atoms with E-state index in [4.69, 9.17) is 4.74 Å². The molecular weight excluding hydrogens is 416 g/mol. The van der Waals surface area contributed by atoms with Crippen molar-refractivity contribution in [3.63, 3.8) is 0 Å². The van der Waals surface area contributed by atoms with Gasteiger partial charge in [-0.1, -0.05) is 64.1 Å². The molecule has 2 aromatic rings. The van der Waals surface area contributed by atoms with Crippen molar-refractivity contribution in [1.29, 1.82) is 0 Å². The van der Waals surface area contributed by atoms with Crippen LogP contribution in [0.3, 0.4) is 0 Å². The Kier molecular flexibility index (Phi) is 8.76. The first-order chi connectivity index (χ1) is 14.7. The molecule has 0 spiro atoms. The third kappa shape index (κ3) is 6.38. The highest BCUT2D eigenvalue weighted by Crippen LogP contribution is 2.17. The maximum absolute atomic E-state index is 12.8. The van der Waals surface area contributed by atoms with Gasteiger partial charge in [0, 0.05) is 18.7 Å². The molecule has 1 N–H and O–H groups in total. The van der Waals surface area contributed by atoms with Gasteiger partial charge >= 0.3 is 5.97 Å². The molecule has 0 bridgehead atoms. The van der Waals surface area contributed by atoms with Crippen molar-refractivity contribution in [3.05, 3.63) is 65.7 Å². The summed E-state index contributed by atoms with van der Waals surface area (Å²) in [5.41, 5.74) is 1.01. The van der Waals surface area contributed by atoms with Crippen molar-refractivity contribution in [3.8, 4) is 0 Å². The highest BCUT2D eigenvalue weighted by molar-refractivity contribution is 7.89. The zero-order valence-corrected chi connectivity index (χ0v) is 19.2. The van der Waals surface area contributed by atoms with Crippen molar-refractivity contribution in [2.24, 2.45) is 5.92 Å². The molecule has 0 saturated heterocycles. The van der Waals surface area contributed by atoms with Gasteiger partial charge in [-0.15, -0.1) is 0 Å². The first-order valence-corrected chi connectivity index (χ1v) is 11.8. The zero-order chi connectivity index (χ0) is 23.0. The predicted octanol–water partition coefficient (Wildman–Crippen LogP) is 3.21. The molecule has 0 saturated carbocycles. The summed E-state index contributed by atoms with van der Waals surface area (Å²) in [7, 11) is -3.70. The maximum atomic E-state index is 12.8. The molecule has 0 aliphatic heterocycles. The summed E-state index contributed by atoms with van der Waals surface area (Å²) < 4.78 is 32.2. The van der Waals surface area contributed by atoms with E-state index >= 15 is 0 Å². The van der Waals surface area contributed by atoms with Gasteiger partial charge in [0.1, 0.15) is 12.6 Å². The number of rotatable bonds is 10. The number of hydrogen-bond donors (Lipinski definition) is 1. The Morgan fingerprint density at radius 1 is 1.00 bits per heavy atom. The smallest absolute Gasteiger partial charge is 0.329 e. The van der Waals surface area contributed by atoms with Gasteiger partial charge in [-0.25, -0.2) is 13.2 Å². The van der Waals surface area contributed by atoms with Gasteiger partial charge in [-0.05, 0) is 29.7 Å². The van der Waals surface area contributed by atoms with Gasteiger partial charge in [0.2, 0.25) is 10.0 Å². The van der Waals surface area contributed by atoms with E-state index in [1.165, 1.54) is 28.6 Å². The van der Waals surface area contributed by atoms with Crippen LogP contribution >= 0.6 is 0 Å². The number of esters is 1. The number of ether oxygens (including phenoxy) is 1. The highest BCUT2D eigenvalue weighted by atomic mass is 32.2. The number of benzene rings is 2. The fourth-order valence-electron chi connectivity index (χ4n) is 3.05. The first-order valence-electron chi connectivity index (χ1n) is 10.3. The minimum atomic E-state index is -3.70. The van der Waals surface area contributed by atoms with Crippen molar-refractivity contribution in [2.75, 3.05) is 13.1 Å². The molecule has 0 unspecified atom stereocenters. The molecule has 1 amide bonds. The molecule has 0 aromatic heterocycles. The Hall–Kier alpha value is -2.71. The van der Waals surface area contributed by atoms with Crippen LogP contribution < -0.4 is 5.32 Å². The molecule has 31 heavy (non-hydrogen) atoms. The van der Waals surface area contributed by atoms with Crippen LogP contribution in [0.2, 0.25) is 0 Å². The van der Waals surface area contributed by atoms with E-state index in [1.54, 1.807) is 27.7 Å². The number of nitrogens with one attached hydrogen (secondary N) is 1. The lowest BCUT2D eigenvalue weighted by Gasteiger charge is -2.21. The summed E-state index contributed by atoms with van der Waals surface area (Å²) in [6.45, 7) is 7.88. The van der Waals surface area contributed by atoms with Gasteiger partial charge < -0.3 is 10.1 Å². The Morgan fingerprint density at radius 3 is 2.23 bits per heavy atom. The van der Waals surface area contributed by atoms with E-state index in [1.807, 2.05) is 30.3 Å². The van der Waals surface area contributed by atoms with E-state index in [0.29, 0.717) is 13.1 Å². The molecule has 0 aliphatic rings. The van der Waals surface area contributed by atoms with Crippen LogP contribution in [0.1, 0.15) is 43.6 Å². The largest absolute Gasteiger partial charge is 0.459 e. The number of sulfonamides is 1. The minimum absolute atomic E-state index is 0.0385. The number of hydrogen-bond acceptors (Lipinski definition) is 5. The van der Waals surface area contributed by atoms with E-state index in [0.717, 1.165) is 5.56 Å². The summed E-state index contributed by atoms with van der Waals surface area (Å²) in [6, 6.07) is 14.2. The van der Waals surface area contributed by atoms with Gasteiger partial charge in [0.05, 0.1) is 4.90 Å². The van der Waals surface area contributed by atoms with E-state index < -0.39 is 27.9 Å². The van der Waals surface area contributed by atoms with E-state index in [9.17, 15) is 18.0 Å². The Morgan fingerprint density at radius 2 is 1.65 bits per heavy atom. The molecule has 2 aromatic carbocycles. The molecule has 7 nitrogen and oxygen atoms in total. The molecular formula is C23H30N2O5S. The Labute approximate surface area is 184 Å². The molecule has 0 radical (unpaired) electrons. The van der Waals surface area contributed by atoms with Gasteiger partial charge in [0.15, 0.2) is 0 Å². The molecule has 1 atom stereocenters. The molecule has 0 heterocycles. The number of carbonyl (C=O) groups excluding carboxylic acids is 2. The molecule has 0 aliphatic carbocycles. The summed E-state index contributed by atoms with van der Waals surface area (Å²) in [4.78, 5) is 25.4. The van der Waals surface area contributed by atoms with Crippen LogP contribution in [0.15, 0.2) is 59.5 Å². The van der Waals surface area contributed by atoms with Crippen LogP contribution in [0.25, 0.3) is 0 Å². The highest BCUT2D eigenvalue weighted by Gasteiger charge is 2.27. The molecule has 2 rings (SSSR count). The standard InChI is InChI=1S/C23H30N2O5S/c1-5-25(6-2)31(28,29)20-14-10-13-19(15-20)22(26)24-21(17(3)4)23(27)30-16-18-11-8-7-9-12-18/h7-15,17,21H,5-6,16H2,1-4H3,(H,24,26)/t21-/m0/s1. The average molecular weight is 447 g/mol. The number of carbonyl (C=O) groups is 2. The molecule has 8 heteroatoms. The van der Waals surface area contributed by atoms with Crippen LogP contribution in [0.4, 0.5) is 0 Å². The summed E-state index contributed by atoms with van der Waals surface area (Å²) >= 11 is 0. The van der Waals surface area contributed by atoms with Crippen molar-refractivity contribution in [1.82, 2.24) is 9.62 Å². The lowest BCUT2D eigenvalue weighted by atomic mass is 10.0. The predicted molar refractivity (Wildman–Crippen MR) is 119 cm³/mol. The van der Waals surface area contributed by atoms with Gasteiger partial charge in [0.25, 0.3) is 5.91 Å². The fourth-order valence-corrected chi connectivity index (χ4v) is 4.56. The monoisotopic (exact) mass is 446 g/mol. The van der Waals surface area contributed by atoms with Crippen molar-refractivity contribution >= 4 is 21.9 Å². The molecule has 0 fully saturated rings. The van der Waals surface area contributed by atoms with Crippen molar-refractivity contribution in [2.45, 2.75) is 45.2 Å². The summed E-state index contributed by atoms with van der Waals surface area (Å²) in [5.74, 6) is -1.29. The summed E-state index contributed by atoms with van der Waals surface area (Å²) in [6.07, 6.45) is 0. The maximum Gasteiger partial charge on any atom is 0.329 e. The topological polar surface area (TPSA) is 92.8 Å². The Balaban J connectivity index is 2.15. The molecule has 168 valence electrons. The third-order valence-electron chi connectivity index (χ3n) is 4.87. The van der Waals surface area contributed by atoms with E-state index in [2.05, 4.69) is 5.32 Å². The first kappa shape index (κ1) is 24.6. The van der Waals surface area contributed by atoms with Crippen LogP contribution in [0, 0.1) is 5.92 Å². The Bertz CT molecular complexity index is 986. The second-order valence-electron chi connectivity index (χ2n) is 7.41. The lowest BCUT2D eigenvalue weighted by molar-refractivity contribution is -0.148. The zero-order valence-electron chi connectivity index (χ0n) is 18.4. The van der Waals surface area contributed by atoms with Crippen LogP contribution in [-0.2, 0) is 26.2 Å². The van der Waals surface area contributed by atoms with Crippen LogP contribution in [-0.4, -0.2) is 43.7 Å². The number of nitrogens with zero attached hydrogens (tertiary/aromatic N) is 1. The number of amides is 1. The quantitative estimate of drug-likeness (QED) is 0.566. The van der Waals surface area contributed by atoms with Gasteiger partial charge in [-0.2, -0.15) is 4.31 Å². The van der Waals surface area contributed by atoms with Gasteiger partial charge in [-0.3, -0.25) is 4.79 Å². The normalized spacial score (nSPS) is 12.6. The van der Waals surface area contributed by atoms with Crippen molar-refractivity contribution < 1.29 is 22.7 Å². The average Bonchev–Trinajstić information content (AvgIpc) is 2.77. The van der Waals surface area contributed by atoms with Crippen LogP contribution in [0.5, 0.6) is 0 Å². The fraction of sp³-hybridized carbons (Fsp3) is 0.391. The SMILES string of the molecule is CCN(CC)S(=O)(=O)c1cccc(C(=O)N[C@H](C(=O)OCc2ccccc2)C(C)C)c1. The minimum Gasteiger partial charge on any atom is -0.459 e. The second kappa shape index (κ2) is 11.1.